The molecule has 15 heavy (non-hydrogen) atoms. The lowest BCUT2D eigenvalue weighted by molar-refractivity contribution is -0.140. The van der Waals surface area contributed by atoms with Gasteiger partial charge in [-0.25, -0.2) is 0 Å². The van der Waals surface area contributed by atoms with Crippen molar-refractivity contribution >= 4 is 21.9 Å². The van der Waals surface area contributed by atoms with Gasteiger partial charge in [-0.1, -0.05) is 0 Å². The fraction of sp³-hybridized carbons (Fsp3) is 0.400. The van der Waals surface area contributed by atoms with Crippen LogP contribution in [0.4, 0.5) is 0 Å². The quantitative estimate of drug-likeness (QED) is 0.872. The van der Waals surface area contributed by atoms with Gasteiger partial charge in [-0.2, -0.15) is 0 Å². The first-order valence-corrected chi connectivity index (χ1v) is 5.51. The molecule has 0 bridgehead atoms. The van der Waals surface area contributed by atoms with E-state index >= 15 is 0 Å². The highest BCUT2D eigenvalue weighted by Crippen LogP contribution is 2.35. The molecule has 1 aromatic heterocycles. The molecular weight excluding hydrogens is 260 g/mol. The van der Waals surface area contributed by atoms with Crippen molar-refractivity contribution in [3.63, 3.8) is 0 Å². The number of pyridine rings is 1. The summed E-state index contributed by atoms with van der Waals surface area (Å²) in [5.41, 5.74) is 0.167. The molecule has 0 radical (unpaired) electrons. The van der Waals surface area contributed by atoms with Crippen molar-refractivity contribution in [1.82, 2.24) is 10.3 Å². The molecule has 4 nitrogen and oxygen atoms in total. The van der Waals surface area contributed by atoms with Crippen LogP contribution in [0.3, 0.4) is 0 Å². The first-order valence-electron chi connectivity index (χ1n) is 4.71. The number of nitrogens with one attached hydrogen (secondary N) is 1. The number of rotatable bonds is 4. The highest BCUT2D eigenvalue weighted by Gasteiger charge is 2.49. The highest BCUT2D eigenvalue weighted by atomic mass is 79.9. The Balaban J connectivity index is 1.94. The lowest BCUT2D eigenvalue weighted by Gasteiger charge is -2.11. The fourth-order valence-electron chi connectivity index (χ4n) is 1.36. The maximum absolute atomic E-state index is 10.9. The molecule has 0 aromatic carbocycles. The molecule has 0 spiro atoms. The Morgan fingerprint density at radius 2 is 2.33 bits per heavy atom. The van der Waals surface area contributed by atoms with Crippen molar-refractivity contribution in [3.8, 4) is 0 Å². The molecule has 80 valence electrons. The Morgan fingerprint density at radius 1 is 1.60 bits per heavy atom. The summed E-state index contributed by atoms with van der Waals surface area (Å²) >= 11 is 3.29. The Kier molecular flexibility index (Phi) is 2.75. The van der Waals surface area contributed by atoms with Crippen LogP contribution in [0.2, 0.25) is 0 Å². The van der Waals surface area contributed by atoms with E-state index in [1.54, 1.807) is 6.20 Å². The van der Waals surface area contributed by atoms with Crippen LogP contribution < -0.4 is 5.32 Å². The van der Waals surface area contributed by atoms with Crippen LogP contribution in [0, 0.1) is 0 Å². The maximum Gasteiger partial charge on any atom is 0.323 e. The lowest BCUT2D eigenvalue weighted by atomic mass is 10.2. The zero-order valence-corrected chi connectivity index (χ0v) is 9.62. The van der Waals surface area contributed by atoms with Crippen LogP contribution in [-0.4, -0.2) is 21.6 Å². The summed E-state index contributed by atoms with van der Waals surface area (Å²) in [4.78, 5) is 15.0. The molecule has 0 unspecified atom stereocenters. The van der Waals surface area contributed by atoms with E-state index in [9.17, 15) is 4.79 Å². The average Bonchev–Trinajstić information content (AvgIpc) is 2.98. The van der Waals surface area contributed by atoms with E-state index in [1.165, 1.54) is 0 Å². The largest absolute Gasteiger partial charge is 0.480 e. The van der Waals surface area contributed by atoms with Gasteiger partial charge in [0, 0.05) is 17.2 Å². The molecule has 0 amide bonds. The molecule has 0 aliphatic heterocycles. The number of aliphatic carboxylic acids is 1. The van der Waals surface area contributed by atoms with Crippen LogP contribution in [0.1, 0.15) is 18.5 Å². The summed E-state index contributed by atoms with van der Waals surface area (Å²) in [6, 6.07) is 3.76. The van der Waals surface area contributed by atoms with Gasteiger partial charge in [0.2, 0.25) is 0 Å². The zero-order valence-electron chi connectivity index (χ0n) is 8.03. The van der Waals surface area contributed by atoms with E-state index in [-0.39, 0.29) is 0 Å². The summed E-state index contributed by atoms with van der Waals surface area (Å²) in [6.07, 6.45) is 3.12. The first-order chi connectivity index (χ1) is 7.12. The predicted molar refractivity (Wildman–Crippen MR) is 58.4 cm³/mol. The molecular formula is C10H11BrN2O2. The predicted octanol–water partition coefficient (Wildman–Crippen LogP) is 1.55. The van der Waals surface area contributed by atoms with E-state index in [0.29, 0.717) is 19.4 Å². The SMILES string of the molecule is O=C(O)C1(NCc2ccc(Br)cn2)CC1. The van der Waals surface area contributed by atoms with Crippen LogP contribution in [-0.2, 0) is 11.3 Å². The van der Waals surface area contributed by atoms with E-state index in [1.807, 2.05) is 12.1 Å². The standard InChI is InChI=1S/C10H11BrN2O2/c11-7-1-2-8(12-5-7)6-13-10(3-4-10)9(14)15/h1-2,5,13H,3-4,6H2,(H,14,15). The summed E-state index contributed by atoms with van der Waals surface area (Å²) in [6.45, 7) is 0.500. The number of carbonyl (C=O) groups is 1. The summed E-state index contributed by atoms with van der Waals surface area (Å²) in [5.74, 6) is -0.764. The summed E-state index contributed by atoms with van der Waals surface area (Å²) in [5, 5.41) is 12.0. The second-order valence-electron chi connectivity index (χ2n) is 3.71. The van der Waals surface area contributed by atoms with Gasteiger partial charge in [0.1, 0.15) is 5.54 Å². The van der Waals surface area contributed by atoms with Crippen molar-refractivity contribution in [2.75, 3.05) is 0 Å². The molecule has 1 fully saturated rings. The molecule has 1 heterocycles. The number of hydrogen-bond donors (Lipinski definition) is 2. The zero-order chi connectivity index (χ0) is 10.9. The van der Waals surface area contributed by atoms with Gasteiger partial charge < -0.3 is 5.11 Å². The van der Waals surface area contributed by atoms with Crippen LogP contribution in [0.5, 0.6) is 0 Å². The average molecular weight is 271 g/mol. The topological polar surface area (TPSA) is 62.2 Å². The van der Waals surface area contributed by atoms with Gasteiger partial charge in [-0.15, -0.1) is 0 Å². The Hall–Kier alpha value is -0.940. The summed E-state index contributed by atoms with van der Waals surface area (Å²) < 4.78 is 0.922. The van der Waals surface area contributed by atoms with Crippen molar-refractivity contribution in [2.45, 2.75) is 24.9 Å². The molecule has 1 aliphatic rings. The third kappa shape index (κ3) is 2.35. The second-order valence-corrected chi connectivity index (χ2v) is 4.62. The maximum atomic E-state index is 10.9. The molecule has 1 saturated carbocycles. The Labute approximate surface area is 95.8 Å². The lowest BCUT2D eigenvalue weighted by Crippen LogP contribution is -2.38. The Bertz CT molecular complexity index is 374. The number of aromatic nitrogens is 1. The number of carboxylic acid groups (broad SMARTS) is 1. The molecule has 1 aliphatic carbocycles. The number of nitrogens with zero attached hydrogens (tertiary/aromatic N) is 1. The molecule has 2 rings (SSSR count). The molecule has 0 saturated heterocycles. The van der Waals surface area contributed by atoms with Gasteiger partial charge in [-0.3, -0.25) is 15.1 Å². The van der Waals surface area contributed by atoms with Crippen molar-refractivity contribution in [1.29, 1.82) is 0 Å². The minimum absolute atomic E-state index is 0.500. The molecule has 0 atom stereocenters. The fourth-order valence-corrected chi connectivity index (χ4v) is 1.60. The molecule has 5 heteroatoms. The third-order valence-corrected chi connectivity index (χ3v) is 3.03. The van der Waals surface area contributed by atoms with Crippen LogP contribution >= 0.6 is 15.9 Å². The van der Waals surface area contributed by atoms with Gasteiger partial charge in [0.05, 0.1) is 5.69 Å². The molecule has 1 aromatic rings. The minimum Gasteiger partial charge on any atom is -0.480 e. The smallest absolute Gasteiger partial charge is 0.323 e. The number of halogens is 1. The second kappa shape index (κ2) is 3.90. The van der Waals surface area contributed by atoms with E-state index in [0.717, 1.165) is 10.2 Å². The van der Waals surface area contributed by atoms with Crippen molar-refractivity contribution in [3.05, 3.63) is 28.5 Å². The normalized spacial score (nSPS) is 17.4. The van der Waals surface area contributed by atoms with Crippen molar-refractivity contribution < 1.29 is 9.90 Å². The molecule has 2 N–H and O–H groups in total. The minimum atomic E-state index is -0.764. The van der Waals surface area contributed by atoms with E-state index in [4.69, 9.17) is 5.11 Å². The summed E-state index contributed by atoms with van der Waals surface area (Å²) in [7, 11) is 0. The number of carboxylic acids is 1. The van der Waals surface area contributed by atoms with Gasteiger partial charge in [0.15, 0.2) is 0 Å². The van der Waals surface area contributed by atoms with E-state index < -0.39 is 11.5 Å². The first kappa shape index (κ1) is 10.6. The third-order valence-electron chi connectivity index (χ3n) is 2.56. The monoisotopic (exact) mass is 270 g/mol. The highest BCUT2D eigenvalue weighted by molar-refractivity contribution is 9.10. The van der Waals surface area contributed by atoms with Gasteiger partial charge in [0.25, 0.3) is 0 Å². The van der Waals surface area contributed by atoms with E-state index in [2.05, 4.69) is 26.2 Å². The van der Waals surface area contributed by atoms with Crippen LogP contribution in [0.25, 0.3) is 0 Å². The van der Waals surface area contributed by atoms with Crippen LogP contribution in [0.15, 0.2) is 22.8 Å². The number of hydrogen-bond acceptors (Lipinski definition) is 3. The van der Waals surface area contributed by atoms with Gasteiger partial charge >= 0.3 is 5.97 Å². The Morgan fingerprint density at radius 3 is 2.80 bits per heavy atom. The van der Waals surface area contributed by atoms with Gasteiger partial charge in [-0.05, 0) is 40.9 Å². The van der Waals surface area contributed by atoms with Crippen molar-refractivity contribution in [2.24, 2.45) is 0 Å².